The summed E-state index contributed by atoms with van der Waals surface area (Å²) in [6.45, 7) is 0.631. The lowest BCUT2D eigenvalue weighted by atomic mass is 10.2. The summed E-state index contributed by atoms with van der Waals surface area (Å²) < 4.78 is 1.85. The third-order valence-corrected chi connectivity index (χ3v) is 3.37. The van der Waals surface area contributed by atoms with Crippen molar-refractivity contribution in [3.05, 3.63) is 70.9 Å². The van der Waals surface area contributed by atoms with Crippen molar-refractivity contribution < 1.29 is 0 Å². The summed E-state index contributed by atoms with van der Waals surface area (Å²) in [6.07, 6.45) is 7.06. The van der Waals surface area contributed by atoms with Crippen molar-refractivity contribution in [2.45, 2.75) is 6.54 Å². The SMILES string of the molecule is Clc1cc(Cl)cc(CNc2ccc(-n3ccnc3)nc2)c1. The highest BCUT2D eigenvalue weighted by Gasteiger charge is 2.00. The summed E-state index contributed by atoms with van der Waals surface area (Å²) in [6, 6.07) is 9.37. The molecule has 0 spiro atoms. The third-order valence-electron chi connectivity index (χ3n) is 2.94. The van der Waals surface area contributed by atoms with Crippen LogP contribution in [-0.4, -0.2) is 14.5 Å². The molecule has 0 aliphatic rings. The third kappa shape index (κ3) is 3.54. The Morgan fingerprint density at radius 1 is 1.10 bits per heavy atom. The fourth-order valence-corrected chi connectivity index (χ4v) is 2.53. The van der Waals surface area contributed by atoms with Crippen molar-refractivity contribution in [1.29, 1.82) is 0 Å². The fourth-order valence-electron chi connectivity index (χ4n) is 1.96. The molecule has 6 heteroatoms. The quantitative estimate of drug-likeness (QED) is 0.784. The highest BCUT2D eigenvalue weighted by molar-refractivity contribution is 6.34. The van der Waals surface area contributed by atoms with Gasteiger partial charge in [-0.3, -0.25) is 4.57 Å². The normalized spacial score (nSPS) is 10.6. The lowest BCUT2D eigenvalue weighted by molar-refractivity contribution is 0.990. The van der Waals surface area contributed by atoms with E-state index in [1.807, 2.05) is 35.0 Å². The van der Waals surface area contributed by atoms with Gasteiger partial charge < -0.3 is 5.32 Å². The summed E-state index contributed by atoms with van der Waals surface area (Å²) in [5.41, 5.74) is 1.95. The molecule has 0 saturated carbocycles. The number of rotatable bonds is 4. The van der Waals surface area contributed by atoms with Crippen LogP contribution in [0.15, 0.2) is 55.2 Å². The smallest absolute Gasteiger partial charge is 0.137 e. The highest BCUT2D eigenvalue weighted by atomic mass is 35.5. The van der Waals surface area contributed by atoms with E-state index in [0.29, 0.717) is 16.6 Å². The number of anilines is 1. The molecule has 2 aromatic heterocycles. The number of hydrogen-bond acceptors (Lipinski definition) is 3. The molecule has 3 aromatic rings. The first-order valence-electron chi connectivity index (χ1n) is 6.34. The number of halogens is 2. The van der Waals surface area contributed by atoms with Gasteiger partial charge >= 0.3 is 0 Å². The summed E-state index contributed by atoms with van der Waals surface area (Å²) in [7, 11) is 0. The van der Waals surface area contributed by atoms with Crippen molar-refractivity contribution in [1.82, 2.24) is 14.5 Å². The molecule has 0 saturated heterocycles. The molecule has 0 amide bonds. The Bertz CT molecular complexity index is 704. The number of aromatic nitrogens is 3. The first-order chi connectivity index (χ1) is 10.2. The van der Waals surface area contributed by atoms with E-state index in [4.69, 9.17) is 23.2 Å². The van der Waals surface area contributed by atoms with Gasteiger partial charge in [-0.25, -0.2) is 9.97 Å². The molecular formula is C15H12Cl2N4. The summed E-state index contributed by atoms with van der Waals surface area (Å²) in [5, 5.41) is 4.55. The Morgan fingerprint density at radius 2 is 1.90 bits per heavy atom. The van der Waals surface area contributed by atoms with Gasteiger partial charge in [-0.2, -0.15) is 0 Å². The summed E-state index contributed by atoms with van der Waals surface area (Å²) >= 11 is 12.0. The second-order valence-corrected chi connectivity index (χ2v) is 5.38. The maximum Gasteiger partial charge on any atom is 0.137 e. The second kappa shape index (κ2) is 6.16. The lowest BCUT2D eigenvalue weighted by Crippen LogP contribution is -2.01. The number of imidazole rings is 1. The van der Waals surface area contributed by atoms with E-state index in [1.165, 1.54) is 0 Å². The molecule has 0 aliphatic heterocycles. The molecule has 2 heterocycles. The summed E-state index contributed by atoms with van der Waals surface area (Å²) in [5.74, 6) is 0.823. The molecule has 4 nitrogen and oxygen atoms in total. The van der Waals surface area contributed by atoms with Crippen LogP contribution < -0.4 is 5.32 Å². The van der Waals surface area contributed by atoms with Gasteiger partial charge in [-0.05, 0) is 35.9 Å². The monoisotopic (exact) mass is 318 g/mol. The van der Waals surface area contributed by atoms with Crippen molar-refractivity contribution in [2.75, 3.05) is 5.32 Å². The molecule has 0 radical (unpaired) electrons. The number of hydrogen-bond donors (Lipinski definition) is 1. The van der Waals surface area contributed by atoms with Crippen LogP contribution in [0.5, 0.6) is 0 Å². The van der Waals surface area contributed by atoms with Gasteiger partial charge in [0.1, 0.15) is 12.1 Å². The Hall–Kier alpha value is -2.04. The number of benzene rings is 1. The Labute approximate surface area is 132 Å². The highest BCUT2D eigenvalue weighted by Crippen LogP contribution is 2.20. The van der Waals surface area contributed by atoms with Crippen LogP contribution in [0.3, 0.4) is 0 Å². The first kappa shape index (κ1) is 13.9. The van der Waals surface area contributed by atoms with Gasteiger partial charge in [0, 0.05) is 29.0 Å². The van der Waals surface area contributed by atoms with Gasteiger partial charge in [0.05, 0.1) is 11.9 Å². The zero-order valence-corrected chi connectivity index (χ0v) is 12.5. The van der Waals surface area contributed by atoms with E-state index in [9.17, 15) is 0 Å². The Balaban J connectivity index is 1.68. The Morgan fingerprint density at radius 3 is 2.52 bits per heavy atom. The topological polar surface area (TPSA) is 42.7 Å². The number of nitrogens with one attached hydrogen (secondary N) is 1. The molecule has 1 N–H and O–H groups in total. The van der Waals surface area contributed by atoms with Crippen LogP contribution in [0.4, 0.5) is 5.69 Å². The number of pyridine rings is 1. The van der Waals surface area contributed by atoms with Crippen LogP contribution in [0.25, 0.3) is 5.82 Å². The van der Waals surface area contributed by atoms with Crippen LogP contribution in [-0.2, 0) is 6.54 Å². The van der Waals surface area contributed by atoms with Crippen molar-refractivity contribution in [3.8, 4) is 5.82 Å². The molecule has 0 atom stereocenters. The van der Waals surface area contributed by atoms with E-state index >= 15 is 0 Å². The van der Waals surface area contributed by atoms with Gasteiger partial charge in [0.25, 0.3) is 0 Å². The zero-order valence-electron chi connectivity index (χ0n) is 11.0. The molecule has 1 aromatic carbocycles. The molecule has 21 heavy (non-hydrogen) atoms. The van der Waals surface area contributed by atoms with E-state index in [1.54, 1.807) is 24.8 Å². The van der Waals surface area contributed by atoms with E-state index in [-0.39, 0.29) is 0 Å². The van der Waals surface area contributed by atoms with E-state index in [2.05, 4.69) is 15.3 Å². The molecular weight excluding hydrogens is 307 g/mol. The first-order valence-corrected chi connectivity index (χ1v) is 7.09. The average molecular weight is 319 g/mol. The second-order valence-electron chi connectivity index (χ2n) is 4.51. The average Bonchev–Trinajstić information content (AvgIpc) is 2.99. The Kier molecular flexibility index (Phi) is 4.08. The van der Waals surface area contributed by atoms with E-state index in [0.717, 1.165) is 17.1 Å². The fraction of sp³-hybridized carbons (Fsp3) is 0.0667. The number of nitrogens with zero attached hydrogens (tertiary/aromatic N) is 3. The van der Waals surface area contributed by atoms with Crippen LogP contribution >= 0.6 is 23.2 Å². The van der Waals surface area contributed by atoms with Gasteiger partial charge in [0.2, 0.25) is 0 Å². The van der Waals surface area contributed by atoms with Crippen LogP contribution in [0.2, 0.25) is 10.0 Å². The maximum absolute atomic E-state index is 5.98. The minimum atomic E-state index is 0.631. The van der Waals surface area contributed by atoms with Crippen molar-refractivity contribution in [3.63, 3.8) is 0 Å². The predicted molar refractivity (Wildman–Crippen MR) is 85.1 cm³/mol. The predicted octanol–water partition coefficient (Wildman–Crippen LogP) is 4.19. The zero-order chi connectivity index (χ0) is 14.7. The molecule has 106 valence electrons. The lowest BCUT2D eigenvalue weighted by Gasteiger charge is -2.08. The van der Waals surface area contributed by atoms with E-state index < -0.39 is 0 Å². The molecule has 3 rings (SSSR count). The summed E-state index contributed by atoms with van der Waals surface area (Å²) in [4.78, 5) is 8.37. The standard InChI is InChI=1S/C15H12Cl2N4/c16-12-5-11(6-13(17)7-12)8-19-14-1-2-15(20-9-14)21-4-3-18-10-21/h1-7,9-10,19H,8H2. The minimum Gasteiger partial charge on any atom is -0.380 e. The maximum atomic E-state index is 5.98. The van der Waals surface area contributed by atoms with Crippen molar-refractivity contribution in [2.24, 2.45) is 0 Å². The molecule has 0 bridgehead atoms. The van der Waals surface area contributed by atoms with Gasteiger partial charge in [-0.1, -0.05) is 23.2 Å². The molecule has 0 fully saturated rings. The largest absolute Gasteiger partial charge is 0.380 e. The van der Waals surface area contributed by atoms with Crippen molar-refractivity contribution >= 4 is 28.9 Å². The van der Waals surface area contributed by atoms with Gasteiger partial charge in [0.15, 0.2) is 0 Å². The van der Waals surface area contributed by atoms with Crippen LogP contribution in [0, 0.1) is 0 Å². The van der Waals surface area contributed by atoms with Crippen LogP contribution in [0.1, 0.15) is 5.56 Å². The molecule has 0 unspecified atom stereocenters. The van der Waals surface area contributed by atoms with Gasteiger partial charge in [-0.15, -0.1) is 0 Å². The molecule has 0 aliphatic carbocycles. The minimum absolute atomic E-state index is 0.631.